The van der Waals surface area contributed by atoms with Crippen molar-refractivity contribution in [3.63, 3.8) is 0 Å². The van der Waals surface area contributed by atoms with Crippen molar-refractivity contribution < 1.29 is 8.83 Å². The van der Waals surface area contributed by atoms with Gasteiger partial charge in [-0.15, -0.1) is 0 Å². The minimum absolute atomic E-state index is 0.402. The van der Waals surface area contributed by atoms with Crippen molar-refractivity contribution in [3.8, 4) is 0 Å². The monoisotopic (exact) mass is 353 g/mol. The van der Waals surface area contributed by atoms with Crippen molar-refractivity contribution in [2.24, 2.45) is 0 Å². The number of nitrogens with one attached hydrogen (secondary N) is 1. The third kappa shape index (κ3) is 2.13. The molecule has 2 aromatic carbocycles. The molecule has 5 heteroatoms. The van der Waals surface area contributed by atoms with Gasteiger partial charge in [-0.05, 0) is 52.9 Å². The van der Waals surface area contributed by atoms with Crippen molar-refractivity contribution >= 4 is 44.9 Å². The van der Waals surface area contributed by atoms with Crippen molar-refractivity contribution in [2.75, 3.05) is 0 Å². The fraction of sp³-hybridized carbons (Fsp3) is 0. The number of aromatic nitrogens is 1. The lowest BCUT2D eigenvalue weighted by atomic mass is 10.3. The van der Waals surface area contributed by atoms with E-state index in [4.69, 9.17) is 8.83 Å². The molecule has 0 spiro atoms. The number of H-pyrrole nitrogens is 1. The van der Waals surface area contributed by atoms with Gasteiger partial charge in [0.15, 0.2) is 16.7 Å². The highest BCUT2D eigenvalue weighted by atomic mass is 127. The van der Waals surface area contributed by atoms with Gasteiger partial charge in [0, 0.05) is 3.57 Å². The van der Waals surface area contributed by atoms with Crippen LogP contribution in [0.2, 0.25) is 0 Å². The SMILES string of the molecule is O=c1[nH]c2cc(I)ccc2oc2ccccc2o1. The van der Waals surface area contributed by atoms with Crippen LogP contribution in [-0.2, 0) is 0 Å². The van der Waals surface area contributed by atoms with Crippen LogP contribution in [0.3, 0.4) is 0 Å². The van der Waals surface area contributed by atoms with E-state index < -0.39 is 5.76 Å². The first-order chi connectivity index (χ1) is 8.72. The maximum atomic E-state index is 11.7. The Morgan fingerprint density at radius 1 is 0.944 bits per heavy atom. The molecule has 0 fully saturated rings. The van der Waals surface area contributed by atoms with Gasteiger partial charge < -0.3 is 8.83 Å². The molecule has 18 heavy (non-hydrogen) atoms. The number of para-hydroxylation sites is 2. The minimum atomic E-state index is -0.519. The van der Waals surface area contributed by atoms with E-state index >= 15 is 0 Å². The molecule has 0 saturated carbocycles. The number of fused-ring (bicyclic) bond motifs is 2. The van der Waals surface area contributed by atoms with Gasteiger partial charge in [-0.25, -0.2) is 4.79 Å². The zero-order valence-corrected chi connectivity index (χ0v) is 11.3. The second-order valence-electron chi connectivity index (χ2n) is 3.70. The summed E-state index contributed by atoms with van der Waals surface area (Å²) in [4.78, 5) is 14.3. The predicted octanol–water partition coefficient (Wildman–Crippen LogP) is 3.60. The van der Waals surface area contributed by atoms with E-state index in [1.807, 2.05) is 24.3 Å². The maximum absolute atomic E-state index is 11.7. The Balaban J connectivity index is 2.56. The predicted molar refractivity (Wildman–Crippen MR) is 77.0 cm³/mol. The summed E-state index contributed by atoms with van der Waals surface area (Å²) in [6.45, 7) is 0. The van der Waals surface area contributed by atoms with E-state index in [0.29, 0.717) is 22.3 Å². The van der Waals surface area contributed by atoms with Crippen LogP contribution in [0.15, 0.2) is 56.1 Å². The van der Waals surface area contributed by atoms with Crippen LogP contribution in [0.1, 0.15) is 0 Å². The first kappa shape index (κ1) is 11.3. The molecule has 3 rings (SSSR count). The highest BCUT2D eigenvalue weighted by molar-refractivity contribution is 14.1. The van der Waals surface area contributed by atoms with Gasteiger partial charge in [0.25, 0.3) is 0 Å². The first-order valence-corrected chi connectivity index (χ1v) is 6.35. The van der Waals surface area contributed by atoms with Crippen molar-refractivity contribution in [2.45, 2.75) is 0 Å². The summed E-state index contributed by atoms with van der Waals surface area (Å²) in [6, 6.07) is 12.6. The van der Waals surface area contributed by atoms with E-state index in [1.165, 1.54) is 0 Å². The first-order valence-electron chi connectivity index (χ1n) is 5.27. The Kier molecular flexibility index (Phi) is 2.83. The molecule has 1 N–H and O–H groups in total. The number of hydrogen-bond acceptors (Lipinski definition) is 3. The summed E-state index contributed by atoms with van der Waals surface area (Å²) in [6.07, 6.45) is 0. The molecule has 90 valence electrons. The Labute approximate surface area is 115 Å². The lowest BCUT2D eigenvalue weighted by Crippen LogP contribution is -2.01. The van der Waals surface area contributed by atoms with Crippen LogP contribution in [0, 0.1) is 3.57 Å². The van der Waals surface area contributed by atoms with Gasteiger partial charge in [0.05, 0.1) is 5.52 Å². The molecule has 0 bridgehead atoms. The normalized spacial score (nSPS) is 10.7. The summed E-state index contributed by atoms with van der Waals surface area (Å²) in [5, 5.41) is 0. The summed E-state index contributed by atoms with van der Waals surface area (Å²) in [7, 11) is 0. The van der Waals surface area contributed by atoms with Gasteiger partial charge >= 0.3 is 5.76 Å². The molecule has 0 saturated heterocycles. The third-order valence-corrected chi connectivity index (χ3v) is 3.12. The van der Waals surface area contributed by atoms with E-state index in [9.17, 15) is 4.79 Å². The average Bonchev–Trinajstić information content (AvgIpc) is 2.32. The van der Waals surface area contributed by atoms with Crippen LogP contribution < -0.4 is 5.76 Å². The molecular formula is C13H8INO3. The third-order valence-electron chi connectivity index (χ3n) is 2.45. The summed E-state index contributed by atoms with van der Waals surface area (Å²) < 4.78 is 11.9. The molecule has 0 unspecified atom stereocenters. The number of aromatic amines is 1. The molecule has 1 aromatic heterocycles. The van der Waals surface area contributed by atoms with Gasteiger partial charge in [0.2, 0.25) is 0 Å². The molecule has 0 atom stereocenters. The number of rotatable bonds is 0. The van der Waals surface area contributed by atoms with Crippen LogP contribution in [0.25, 0.3) is 22.3 Å². The van der Waals surface area contributed by atoms with Crippen molar-refractivity contribution in [3.05, 3.63) is 56.6 Å². The summed E-state index contributed by atoms with van der Waals surface area (Å²) in [5.74, 6) is -0.519. The molecule has 1 heterocycles. The number of benzene rings is 2. The van der Waals surface area contributed by atoms with Crippen molar-refractivity contribution in [1.82, 2.24) is 4.98 Å². The average molecular weight is 353 g/mol. The van der Waals surface area contributed by atoms with Crippen LogP contribution in [0.4, 0.5) is 0 Å². The van der Waals surface area contributed by atoms with E-state index in [0.717, 1.165) is 3.57 Å². The highest BCUT2D eigenvalue weighted by Crippen LogP contribution is 2.17. The van der Waals surface area contributed by atoms with Crippen LogP contribution in [0.5, 0.6) is 0 Å². The summed E-state index contributed by atoms with van der Waals surface area (Å²) in [5.41, 5.74) is 2.12. The van der Waals surface area contributed by atoms with Gasteiger partial charge in [-0.3, -0.25) is 4.98 Å². The molecule has 0 aliphatic heterocycles. The zero-order valence-electron chi connectivity index (χ0n) is 9.14. The molecule has 4 nitrogen and oxygen atoms in total. The molecule has 0 aliphatic rings. The lowest BCUT2D eigenvalue weighted by Gasteiger charge is -1.98. The number of halogens is 1. The van der Waals surface area contributed by atoms with E-state index in [-0.39, 0.29) is 0 Å². The van der Waals surface area contributed by atoms with Gasteiger partial charge in [-0.2, -0.15) is 0 Å². The zero-order chi connectivity index (χ0) is 12.5. The maximum Gasteiger partial charge on any atom is 0.417 e. The highest BCUT2D eigenvalue weighted by Gasteiger charge is 1.99. The van der Waals surface area contributed by atoms with Gasteiger partial charge in [-0.1, -0.05) is 12.1 Å². The van der Waals surface area contributed by atoms with E-state index in [2.05, 4.69) is 27.6 Å². The largest absolute Gasteiger partial charge is 0.451 e. The second kappa shape index (κ2) is 4.49. The molecule has 0 radical (unpaired) electrons. The fourth-order valence-electron chi connectivity index (χ4n) is 1.66. The fourth-order valence-corrected chi connectivity index (χ4v) is 2.15. The Bertz CT molecular complexity index is 827. The van der Waals surface area contributed by atoms with E-state index in [1.54, 1.807) is 18.2 Å². The van der Waals surface area contributed by atoms with Crippen LogP contribution >= 0.6 is 22.6 Å². The standard InChI is InChI=1S/C13H8INO3/c14-8-5-6-10-9(7-8)15-13(16)18-12-4-2-1-3-11(12)17-10/h1-7H,(H,15,16). The lowest BCUT2D eigenvalue weighted by molar-refractivity contribution is 0.524. The van der Waals surface area contributed by atoms with Crippen molar-refractivity contribution in [1.29, 1.82) is 0 Å². The smallest absolute Gasteiger partial charge is 0.417 e. The molecule has 0 amide bonds. The number of hydrogen-bond donors (Lipinski definition) is 1. The quantitative estimate of drug-likeness (QED) is 0.629. The minimum Gasteiger partial charge on any atom is -0.451 e. The Morgan fingerprint density at radius 2 is 1.67 bits per heavy atom. The Hall–Kier alpha value is -1.76. The Morgan fingerprint density at radius 3 is 2.44 bits per heavy atom. The van der Waals surface area contributed by atoms with Crippen LogP contribution in [-0.4, -0.2) is 4.98 Å². The molecular weight excluding hydrogens is 345 g/mol. The second-order valence-corrected chi connectivity index (χ2v) is 4.95. The van der Waals surface area contributed by atoms with Gasteiger partial charge in [0.1, 0.15) is 0 Å². The summed E-state index contributed by atoms with van der Waals surface area (Å²) >= 11 is 2.17. The topological polar surface area (TPSA) is 59.1 Å². The molecule has 3 aromatic rings. The molecule has 0 aliphatic carbocycles.